The van der Waals surface area contributed by atoms with Gasteiger partial charge in [-0.3, -0.25) is 4.79 Å². The first kappa shape index (κ1) is 58.6. The van der Waals surface area contributed by atoms with Gasteiger partial charge in [0.2, 0.25) is 0 Å². The highest BCUT2D eigenvalue weighted by atomic mass is 16.6. The molecule has 60 heavy (non-hydrogen) atoms. The van der Waals surface area contributed by atoms with Crippen LogP contribution in [-0.4, -0.2) is 37.0 Å². The number of carbonyl (C=O) groups is 1. The summed E-state index contributed by atoms with van der Waals surface area (Å²) in [4.78, 5) is 12.3. The molecule has 0 amide bonds. The van der Waals surface area contributed by atoms with Crippen LogP contribution in [-0.2, 0) is 14.3 Å². The van der Waals surface area contributed by atoms with Crippen LogP contribution >= 0.6 is 0 Å². The Kier molecular flexibility index (Phi) is 52.5. The van der Waals surface area contributed by atoms with E-state index in [1.165, 1.54) is 238 Å². The fourth-order valence-corrected chi connectivity index (χ4v) is 8.16. The highest BCUT2D eigenvalue weighted by molar-refractivity contribution is 5.69. The third-order valence-electron chi connectivity index (χ3n) is 12.2. The smallest absolute Gasteiger partial charge is 0.306 e. The molecule has 0 bridgehead atoms. The summed E-state index contributed by atoms with van der Waals surface area (Å²) in [6.45, 7) is 5.38. The summed E-state index contributed by atoms with van der Waals surface area (Å²) < 4.78 is 11.2. The Bertz CT molecular complexity index is 894. The molecule has 0 aliphatic carbocycles. The largest absolute Gasteiger partial charge is 0.457 e. The molecular formula is C56H106O4. The Labute approximate surface area is 376 Å². The number of rotatable bonds is 51. The first-order valence-electron chi connectivity index (χ1n) is 27.1. The normalized spacial score (nSPS) is 12.5. The zero-order valence-corrected chi connectivity index (χ0v) is 40.7. The molecule has 1 unspecified atom stereocenters. The zero-order valence-electron chi connectivity index (χ0n) is 40.7. The lowest BCUT2D eigenvalue weighted by Gasteiger charge is -2.16. The monoisotopic (exact) mass is 843 g/mol. The minimum Gasteiger partial charge on any atom is -0.457 e. The van der Waals surface area contributed by atoms with Gasteiger partial charge in [0.05, 0.1) is 13.2 Å². The van der Waals surface area contributed by atoms with Crippen LogP contribution in [0.4, 0.5) is 0 Å². The van der Waals surface area contributed by atoms with Crippen LogP contribution in [0.2, 0.25) is 0 Å². The van der Waals surface area contributed by atoms with Crippen LogP contribution in [0, 0.1) is 0 Å². The second kappa shape index (κ2) is 53.7. The van der Waals surface area contributed by atoms with E-state index in [2.05, 4.69) is 50.3 Å². The molecule has 4 heteroatoms. The second-order valence-corrected chi connectivity index (χ2v) is 18.3. The Morgan fingerprint density at radius 2 is 0.700 bits per heavy atom. The number of ether oxygens (including phenoxy) is 2. The zero-order chi connectivity index (χ0) is 43.3. The summed E-state index contributed by atoms with van der Waals surface area (Å²) in [6.07, 6.45) is 69.6. The Morgan fingerprint density at radius 1 is 0.400 bits per heavy atom. The van der Waals surface area contributed by atoms with Crippen molar-refractivity contribution in [1.29, 1.82) is 0 Å². The van der Waals surface area contributed by atoms with E-state index in [9.17, 15) is 9.90 Å². The van der Waals surface area contributed by atoms with E-state index < -0.39 is 6.10 Å². The van der Waals surface area contributed by atoms with E-state index in [0.29, 0.717) is 19.6 Å². The van der Waals surface area contributed by atoms with Crippen molar-refractivity contribution in [2.75, 3.05) is 19.8 Å². The molecule has 0 spiro atoms. The molecule has 0 aromatic carbocycles. The van der Waals surface area contributed by atoms with Crippen molar-refractivity contribution in [3.05, 3.63) is 36.5 Å². The average Bonchev–Trinajstić information content (AvgIpc) is 3.25. The lowest BCUT2D eigenvalue weighted by Crippen LogP contribution is -2.27. The summed E-state index contributed by atoms with van der Waals surface area (Å²) in [5.74, 6) is -0.199. The van der Waals surface area contributed by atoms with E-state index in [1.54, 1.807) is 0 Å². The predicted octanol–water partition coefficient (Wildman–Crippen LogP) is 18.4. The van der Waals surface area contributed by atoms with E-state index >= 15 is 0 Å². The minimum atomic E-state index is -0.535. The van der Waals surface area contributed by atoms with Crippen LogP contribution in [0.15, 0.2) is 36.5 Å². The number of aliphatic hydroxyl groups is 1. The molecule has 0 aliphatic heterocycles. The molecule has 1 N–H and O–H groups in total. The van der Waals surface area contributed by atoms with Crippen molar-refractivity contribution in [2.24, 2.45) is 0 Å². The Morgan fingerprint density at radius 3 is 1.05 bits per heavy atom. The first-order valence-corrected chi connectivity index (χ1v) is 27.1. The molecule has 0 radical (unpaired) electrons. The van der Waals surface area contributed by atoms with E-state index in [0.717, 1.165) is 32.1 Å². The van der Waals surface area contributed by atoms with E-state index in [4.69, 9.17) is 9.47 Å². The molecule has 0 fully saturated rings. The van der Waals surface area contributed by atoms with Gasteiger partial charge in [-0.15, -0.1) is 0 Å². The fraction of sp³-hybridized carbons (Fsp3) is 0.875. The minimum absolute atomic E-state index is 0.170. The topological polar surface area (TPSA) is 55.8 Å². The molecule has 0 rings (SSSR count). The van der Waals surface area contributed by atoms with Gasteiger partial charge in [0.15, 0.2) is 0 Å². The molecule has 0 saturated heterocycles. The molecule has 0 heterocycles. The second-order valence-electron chi connectivity index (χ2n) is 18.3. The lowest BCUT2D eigenvalue weighted by molar-refractivity contribution is -0.154. The van der Waals surface area contributed by atoms with Gasteiger partial charge >= 0.3 is 5.97 Å². The highest BCUT2D eigenvalue weighted by Crippen LogP contribution is 2.17. The molecule has 0 aromatic heterocycles. The van der Waals surface area contributed by atoms with Gasteiger partial charge in [0, 0.05) is 13.0 Å². The summed E-state index contributed by atoms with van der Waals surface area (Å²) in [6, 6.07) is 0. The SMILES string of the molecule is CCCCCCC/C=C\C/C=C\C/C=C\CCCCCCCCCCCCC(=O)OC(CO)COCCCCCCCCCCCCCCCCCCCCCCCCC. The summed E-state index contributed by atoms with van der Waals surface area (Å²) in [5, 5.41) is 9.66. The van der Waals surface area contributed by atoms with Crippen molar-refractivity contribution < 1.29 is 19.4 Å². The maximum absolute atomic E-state index is 12.3. The molecule has 0 aliphatic rings. The van der Waals surface area contributed by atoms with Gasteiger partial charge in [-0.2, -0.15) is 0 Å². The van der Waals surface area contributed by atoms with Crippen LogP contribution < -0.4 is 0 Å². The van der Waals surface area contributed by atoms with Crippen LogP contribution in [0.5, 0.6) is 0 Å². The van der Waals surface area contributed by atoms with Gasteiger partial charge in [-0.25, -0.2) is 0 Å². The van der Waals surface area contributed by atoms with Crippen molar-refractivity contribution in [2.45, 2.75) is 296 Å². The van der Waals surface area contributed by atoms with Gasteiger partial charge in [-0.05, 0) is 51.4 Å². The lowest BCUT2D eigenvalue weighted by atomic mass is 10.0. The van der Waals surface area contributed by atoms with Crippen molar-refractivity contribution in [3.8, 4) is 0 Å². The Hall–Kier alpha value is -1.39. The fourth-order valence-electron chi connectivity index (χ4n) is 8.16. The highest BCUT2D eigenvalue weighted by Gasteiger charge is 2.13. The first-order chi connectivity index (χ1) is 29.7. The number of aliphatic hydroxyl groups excluding tert-OH is 1. The molecule has 354 valence electrons. The molecular weight excluding hydrogens is 737 g/mol. The van der Waals surface area contributed by atoms with Crippen LogP contribution in [0.3, 0.4) is 0 Å². The van der Waals surface area contributed by atoms with Crippen LogP contribution in [0.25, 0.3) is 0 Å². The number of esters is 1. The van der Waals surface area contributed by atoms with Crippen molar-refractivity contribution in [1.82, 2.24) is 0 Å². The molecule has 1 atom stereocenters. The summed E-state index contributed by atoms with van der Waals surface area (Å²) in [5.41, 5.74) is 0. The maximum Gasteiger partial charge on any atom is 0.306 e. The summed E-state index contributed by atoms with van der Waals surface area (Å²) in [7, 11) is 0. The number of unbranched alkanes of at least 4 members (excludes halogenated alkanes) is 37. The molecule has 0 aromatic rings. The van der Waals surface area contributed by atoms with Gasteiger partial charge < -0.3 is 14.6 Å². The average molecular weight is 843 g/mol. The van der Waals surface area contributed by atoms with Gasteiger partial charge in [-0.1, -0.05) is 269 Å². The molecule has 0 saturated carbocycles. The molecule has 4 nitrogen and oxygen atoms in total. The Balaban J connectivity index is 3.38. The van der Waals surface area contributed by atoms with Gasteiger partial charge in [0.25, 0.3) is 0 Å². The number of hydrogen-bond donors (Lipinski definition) is 1. The predicted molar refractivity (Wildman–Crippen MR) is 265 cm³/mol. The van der Waals surface area contributed by atoms with Crippen molar-refractivity contribution in [3.63, 3.8) is 0 Å². The van der Waals surface area contributed by atoms with Crippen LogP contribution in [0.1, 0.15) is 290 Å². The third kappa shape index (κ3) is 51.0. The third-order valence-corrected chi connectivity index (χ3v) is 12.2. The quantitative estimate of drug-likeness (QED) is 0.0377. The maximum atomic E-state index is 12.3. The number of carbonyl (C=O) groups excluding carboxylic acids is 1. The number of hydrogen-bond acceptors (Lipinski definition) is 4. The van der Waals surface area contributed by atoms with E-state index in [-0.39, 0.29) is 12.6 Å². The van der Waals surface area contributed by atoms with E-state index in [1.807, 2.05) is 0 Å². The standard InChI is InChI=1S/C56H106O4/c1-3-5-7-9-11-13-15-17-19-21-23-25-27-28-29-31-33-35-37-39-41-43-45-47-49-51-56(58)60-55(53-57)54-59-52-50-48-46-44-42-40-38-36-34-32-30-26-24-22-20-18-16-14-12-10-8-6-4-2/h15,17,21,23,27-28,55,57H,3-14,16,18-20,22,24-26,29-54H2,1-2H3/b17-15-,23-21-,28-27-. The number of allylic oxidation sites excluding steroid dienone is 6. The summed E-state index contributed by atoms with van der Waals surface area (Å²) >= 11 is 0. The van der Waals surface area contributed by atoms with Crippen molar-refractivity contribution >= 4 is 5.97 Å². The van der Waals surface area contributed by atoms with Gasteiger partial charge in [0.1, 0.15) is 6.10 Å².